The van der Waals surface area contributed by atoms with E-state index >= 15 is 0 Å². The maximum atomic E-state index is 14.5. The van der Waals surface area contributed by atoms with E-state index in [0.29, 0.717) is 5.22 Å². The lowest BCUT2D eigenvalue weighted by Gasteiger charge is -2.41. The van der Waals surface area contributed by atoms with E-state index in [1.165, 1.54) is 12.5 Å². The minimum absolute atomic E-state index is 0.205. The van der Waals surface area contributed by atoms with E-state index in [9.17, 15) is 8.78 Å². The zero-order valence-electron chi connectivity index (χ0n) is 15.3. The molecule has 1 saturated carbocycles. The molecular formula is C24H23F2N. The number of hydrogen-bond donors (Lipinski definition) is 0. The highest BCUT2D eigenvalue weighted by Gasteiger charge is 2.38. The summed E-state index contributed by atoms with van der Waals surface area (Å²) < 4.78 is 29.1. The molecule has 1 heterocycles. The molecule has 0 spiro atoms. The second-order valence-corrected chi connectivity index (χ2v) is 7.91. The summed E-state index contributed by atoms with van der Waals surface area (Å²) in [6, 6.07) is 14.3. The summed E-state index contributed by atoms with van der Waals surface area (Å²) in [5, 5.41) is 1.81. The monoisotopic (exact) mass is 363 g/mol. The first-order chi connectivity index (χ1) is 13.1. The second kappa shape index (κ2) is 6.33. The van der Waals surface area contributed by atoms with E-state index in [2.05, 4.69) is 24.3 Å². The van der Waals surface area contributed by atoms with Crippen LogP contribution in [0.25, 0.3) is 17.7 Å². The predicted octanol–water partition coefficient (Wildman–Crippen LogP) is 4.48. The molecule has 0 atom stereocenters. The molecule has 0 N–H and O–H groups in total. The van der Waals surface area contributed by atoms with Crippen LogP contribution in [0.2, 0.25) is 0 Å². The first kappa shape index (κ1) is 16.7. The van der Waals surface area contributed by atoms with Gasteiger partial charge >= 0.3 is 0 Å². The fourth-order valence-corrected chi connectivity index (χ4v) is 4.87. The van der Waals surface area contributed by atoms with Crippen molar-refractivity contribution in [2.24, 2.45) is 0 Å². The van der Waals surface area contributed by atoms with Crippen molar-refractivity contribution in [3.05, 3.63) is 70.1 Å². The second-order valence-electron chi connectivity index (χ2n) is 7.91. The Kier molecular flexibility index (Phi) is 3.92. The highest BCUT2D eigenvalue weighted by atomic mass is 19.3. The molecule has 1 fully saturated rings. The minimum Gasteiger partial charge on any atom is -0.361 e. The summed E-state index contributed by atoms with van der Waals surface area (Å²) in [6.07, 6.45) is 10.9. The average Bonchev–Trinajstić information content (AvgIpc) is 3.12. The Morgan fingerprint density at radius 2 is 1.59 bits per heavy atom. The Hall–Kier alpha value is -2.42. The molecule has 5 rings (SSSR count). The molecule has 0 unspecified atom stereocenters. The smallest absolute Gasteiger partial charge is 0.284 e. The van der Waals surface area contributed by atoms with Gasteiger partial charge in [-0.3, -0.25) is 0 Å². The molecule has 1 aliphatic heterocycles. The normalized spacial score (nSPS) is 21.0. The van der Waals surface area contributed by atoms with Crippen molar-refractivity contribution >= 4 is 23.4 Å². The van der Waals surface area contributed by atoms with E-state index in [1.807, 2.05) is 35.2 Å². The number of nitrogens with zero attached hydrogens (tertiary/aromatic N) is 1. The number of rotatable bonds is 2. The lowest BCUT2D eigenvalue weighted by Crippen LogP contribution is -2.50. The van der Waals surface area contributed by atoms with Crippen LogP contribution >= 0.6 is 0 Å². The van der Waals surface area contributed by atoms with E-state index in [-0.39, 0.29) is 12.6 Å². The summed E-state index contributed by atoms with van der Waals surface area (Å²) in [5.41, 5.74) is 4.41. The van der Waals surface area contributed by atoms with Gasteiger partial charge in [0.1, 0.15) is 0 Å². The van der Waals surface area contributed by atoms with Crippen molar-refractivity contribution in [1.29, 1.82) is 0 Å². The molecule has 0 aromatic heterocycles. The Morgan fingerprint density at radius 3 is 2.37 bits per heavy atom. The molecule has 1 nitrogen and oxygen atoms in total. The van der Waals surface area contributed by atoms with Crippen molar-refractivity contribution in [3.63, 3.8) is 0 Å². The van der Waals surface area contributed by atoms with Gasteiger partial charge < -0.3 is 4.90 Å². The van der Waals surface area contributed by atoms with Gasteiger partial charge in [0.25, 0.3) is 5.92 Å². The Bertz CT molecular complexity index is 1010. The fourth-order valence-electron chi connectivity index (χ4n) is 4.87. The van der Waals surface area contributed by atoms with Gasteiger partial charge in [-0.25, -0.2) is 0 Å². The minimum atomic E-state index is -2.78. The number of halogens is 2. The molecule has 3 aliphatic rings. The molecule has 0 bridgehead atoms. The first-order valence-corrected chi connectivity index (χ1v) is 9.91. The summed E-state index contributed by atoms with van der Waals surface area (Å²) >= 11 is 0. The molecule has 3 heteroatoms. The quantitative estimate of drug-likeness (QED) is 0.760. The van der Waals surface area contributed by atoms with Gasteiger partial charge in [0.2, 0.25) is 0 Å². The number of fused-ring (bicyclic) bond motifs is 3. The van der Waals surface area contributed by atoms with Crippen LogP contribution in [0, 0.1) is 0 Å². The number of allylic oxidation sites excluding steroid dienone is 1. The highest BCUT2D eigenvalue weighted by Crippen LogP contribution is 2.37. The van der Waals surface area contributed by atoms with E-state index < -0.39 is 5.92 Å². The highest BCUT2D eigenvalue weighted by molar-refractivity contribution is 5.94. The van der Waals surface area contributed by atoms with Crippen LogP contribution in [0.4, 0.5) is 14.5 Å². The van der Waals surface area contributed by atoms with Crippen molar-refractivity contribution < 1.29 is 8.78 Å². The zero-order chi connectivity index (χ0) is 18.4. The van der Waals surface area contributed by atoms with Crippen molar-refractivity contribution in [2.75, 3.05) is 11.4 Å². The molecule has 2 aliphatic carbocycles. The SMILES string of the molecule is FC1(F)C=c2ccc3c(c2N(C2CCCCC2)C1)C(c1ccccc1)=CC=3. The molecule has 27 heavy (non-hydrogen) atoms. The fraction of sp³-hybridized carbons (Fsp3) is 0.333. The van der Waals surface area contributed by atoms with Gasteiger partial charge in [-0.1, -0.05) is 73.9 Å². The molecule has 138 valence electrons. The molecule has 2 aromatic carbocycles. The average molecular weight is 363 g/mol. The third-order valence-electron chi connectivity index (χ3n) is 6.08. The third-order valence-corrected chi connectivity index (χ3v) is 6.08. The molecule has 2 aromatic rings. The number of benzene rings is 2. The maximum Gasteiger partial charge on any atom is 0.284 e. The number of hydrogen-bond acceptors (Lipinski definition) is 1. The van der Waals surface area contributed by atoms with Gasteiger partial charge in [0.15, 0.2) is 0 Å². The molecular weight excluding hydrogens is 340 g/mol. The standard InChI is InChI=1S/C24H23F2N/c25-24(26)15-19-12-11-18-13-14-21(17-7-3-1-4-8-17)22(18)23(19)27(16-24)20-9-5-2-6-10-20/h1,3-4,7-8,11-15,20H,2,5-6,9-10,16H2. The van der Waals surface area contributed by atoms with Crippen molar-refractivity contribution in [2.45, 2.75) is 44.1 Å². The van der Waals surface area contributed by atoms with E-state index in [0.717, 1.165) is 53.3 Å². The van der Waals surface area contributed by atoms with Gasteiger partial charge in [-0.05, 0) is 35.3 Å². The largest absolute Gasteiger partial charge is 0.361 e. The topological polar surface area (TPSA) is 3.24 Å². The summed E-state index contributed by atoms with van der Waals surface area (Å²) in [5.74, 6) is -2.78. The molecule has 0 amide bonds. The van der Waals surface area contributed by atoms with Gasteiger partial charge in [0.05, 0.1) is 12.2 Å². The maximum absolute atomic E-state index is 14.5. The summed E-state index contributed by atoms with van der Waals surface area (Å²) in [6.45, 7) is -0.205. The van der Waals surface area contributed by atoms with Gasteiger partial charge in [-0.15, -0.1) is 0 Å². The number of anilines is 1. The van der Waals surface area contributed by atoms with Gasteiger partial charge in [0, 0.05) is 16.8 Å². The lowest BCUT2D eigenvalue weighted by atomic mass is 9.89. The first-order valence-electron chi connectivity index (χ1n) is 9.91. The predicted molar refractivity (Wildman–Crippen MR) is 107 cm³/mol. The Morgan fingerprint density at radius 1 is 0.852 bits per heavy atom. The summed E-state index contributed by atoms with van der Waals surface area (Å²) in [7, 11) is 0. The zero-order valence-corrected chi connectivity index (χ0v) is 15.3. The Balaban J connectivity index is 1.71. The van der Waals surface area contributed by atoms with Crippen LogP contribution in [-0.2, 0) is 0 Å². The van der Waals surface area contributed by atoms with Gasteiger partial charge in [-0.2, -0.15) is 8.78 Å². The lowest BCUT2D eigenvalue weighted by molar-refractivity contribution is 0.0748. The van der Waals surface area contributed by atoms with Crippen LogP contribution in [0.1, 0.15) is 43.2 Å². The van der Waals surface area contributed by atoms with Crippen LogP contribution in [-0.4, -0.2) is 18.5 Å². The molecule has 0 saturated heterocycles. The van der Waals surface area contributed by atoms with E-state index in [4.69, 9.17) is 0 Å². The third kappa shape index (κ3) is 2.90. The Labute approximate surface area is 158 Å². The van der Waals surface area contributed by atoms with Crippen LogP contribution < -0.4 is 15.3 Å². The van der Waals surface area contributed by atoms with Crippen LogP contribution in [0.3, 0.4) is 0 Å². The van der Waals surface area contributed by atoms with Crippen LogP contribution in [0.15, 0.2) is 48.5 Å². The van der Waals surface area contributed by atoms with Crippen molar-refractivity contribution in [3.8, 4) is 0 Å². The van der Waals surface area contributed by atoms with E-state index in [1.54, 1.807) is 0 Å². The molecule has 0 radical (unpaired) electrons. The van der Waals surface area contributed by atoms with Crippen LogP contribution in [0.5, 0.6) is 0 Å². The number of alkyl halides is 2. The summed E-state index contributed by atoms with van der Waals surface area (Å²) in [4.78, 5) is 2.03. The van der Waals surface area contributed by atoms with Crippen molar-refractivity contribution in [1.82, 2.24) is 0 Å².